The predicted molar refractivity (Wildman–Crippen MR) is 64.5 cm³/mol. The van der Waals surface area contributed by atoms with E-state index in [1.807, 2.05) is 4.90 Å². The third-order valence-corrected chi connectivity index (χ3v) is 4.80. The van der Waals surface area contributed by atoms with Crippen molar-refractivity contribution in [3.05, 3.63) is 0 Å². The zero-order valence-corrected chi connectivity index (χ0v) is 10.3. The molecule has 96 valence electrons. The van der Waals surface area contributed by atoms with Crippen molar-refractivity contribution in [2.24, 2.45) is 11.3 Å². The maximum absolute atomic E-state index is 12.4. The Morgan fingerprint density at radius 2 is 2.12 bits per heavy atom. The summed E-state index contributed by atoms with van der Waals surface area (Å²) in [5, 5.41) is 13.0. The van der Waals surface area contributed by atoms with Crippen LogP contribution in [0.2, 0.25) is 0 Å². The fourth-order valence-electron chi connectivity index (χ4n) is 3.55. The number of nitrogens with zero attached hydrogens (tertiary/aromatic N) is 1. The van der Waals surface area contributed by atoms with E-state index in [1.165, 1.54) is 0 Å². The number of carbonyl (C=O) groups is 1. The molecule has 0 aromatic rings. The molecule has 2 aliphatic heterocycles. The van der Waals surface area contributed by atoms with Gasteiger partial charge in [0, 0.05) is 19.0 Å². The second kappa shape index (κ2) is 4.25. The highest BCUT2D eigenvalue weighted by molar-refractivity contribution is 5.83. The van der Waals surface area contributed by atoms with Crippen molar-refractivity contribution in [1.82, 2.24) is 10.2 Å². The van der Waals surface area contributed by atoms with Gasteiger partial charge in [-0.05, 0) is 50.6 Å². The van der Waals surface area contributed by atoms with Gasteiger partial charge in [0.2, 0.25) is 5.91 Å². The number of piperidine rings is 2. The van der Waals surface area contributed by atoms with Crippen LogP contribution in [0.1, 0.15) is 32.1 Å². The Labute approximate surface area is 102 Å². The van der Waals surface area contributed by atoms with Gasteiger partial charge < -0.3 is 15.3 Å². The van der Waals surface area contributed by atoms with Crippen molar-refractivity contribution in [3.63, 3.8) is 0 Å². The molecule has 0 radical (unpaired) electrons. The highest BCUT2D eigenvalue weighted by Crippen LogP contribution is 2.59. The highest BCUT2D eigenvalue weighted by Gasteiger charge is 2.58. The van der Waals surface area contributed by atoms with Gasteiger partial charge in [-0.1, -0.05) is 0 Å². The monoisotopic (exact) mass is 238 g/mol. The van der Waals surface area contributed by atoms with E-state index < -0.39 is 0 Å². The average Bonchev–Trinajstić information content (AvgIpc) is 3.03. The molecular weight excluding hydrogens is 216 g/mol. The van der Waals surface area contributed by atoms with Crippen LogP contribution in [-0.2, 0) is 4.79 Å². The summed E-state index contributed by atoms with van der Waals surface area (Å²) in [5.41, 5.74) is 0.324. The molecule has 2 N–H and O–H groups in total. The van der Waals surface area contributed by atoms with Crippen molar-refractivity contribution >= 4 is 5.91 Å². The summed E-state index contributed by atoms with van der Waals surface area (Å²) < 4.78 is 0. The molecule has 2 atom stereocenters. The molecule has 3 fully saturated rings. The fraction of sp³-hybridized carbons (Fsp3) is 0.923. The second-order valence-electron chi connectivity index (χ2n) is 5.95. The van der Waals surface area contributed by atoms with Gasteiger partial charge in [-0.2, -0.15) is 0 Å². The lowest BCUT2D eigenvalue weighted by Gasteiger charge is -2.31. The van der Waals surface area contributed by atoms with Gasteiger partial charge >= 0.3 is 0 Å². The minimum atomic E-state index is -0.296. The Morgan fingerprint density at radius 1 is 1.35 bits per heavy atom. The summed E-state index contributed by atoms with van der Waals surface area (Å²) in [5.74, 6) is 0.570. The highest BCUT2D eigenvalue weighted by atomic mass is 16.3. The standard InChI is InChI=1S/C13H22N2O2/c16-10-2-1-7-15(9-10)12(17)11-8-13(11)3-5-14-6-4-13/h10-11,14,16H,1-9H2/t10-,11?/m0/s1. The summed E-state index contributed by atoms with van der Waals surface area (Å²) in [6, 6.07) is 0. The van der Waals surface area contributed by atoms with Crippen molar-refractivity contribution in [2.75, 3.05) is 26.2 Å². The molecule has 1 amide bonds. The van der Waals surface area contributed by atoms with Crippen LogP contribution < -0.4 is 5.32 Å². The van der Waals surface area contributed by atoms with E-state index >= 15 is 0 Å². The summed E-state index contributed by atoms with van der Waals surface area (Å²) in [6.07, 6.45) is 4.90. The third kappa shape index (κ3) is 2.08. The minimum absolute atomic E-state index is 0.259. The number of hydrogen-bond acceptors (Lipinski definition) is 3. The number of rotatable bonds is 1. The quantitative estimate of drug-likeness (QED) is 0.693. The van der Waals surface area contributed by atoms with Crippen LogP contribution >= 0.6 is 0 Å². The number of nitrogens with one attached hydrogen (secondary N) is 1. The van der Waals surface area contributed by atoms with Crippen molar-refractivity contribution in [1.29, 1.82) is 0 Å². The lowest BCUT2D eigenvalue weighted by molar-refractivity contribution is -0.136. The normalized spacial score (nSPS) is 35.9. The smallest absolute Gasteiger partial charge is 0.226 e. The lowest BCUT2D eigenvalue weighted by Crippen LogP contribution is -2.44. The van der Waals surface area contributed by atoms with Crippen molar-refractivity contribution < 1.29 is 9.90 Å². The zero-order valence-electron chi connectivity index (χ0n) is 10.3. The molecule has 4 nitrogen and oxygen atoms in total. The van der Waals surface area contributed by atoms with Crippen LogP contribution in [0.4, 0.5) is 0 Å². The van der Waals surface area contributed by atoms with Crippen LogP contribution in [0.3, 0.4) is 0 Å². The van der Waals surface area contributed by atoms with Crippen molar-refractivity contribution in [3.8, 4) is 0 Å². The molecular formula is C13H22N2O2. The molecule has 0 bridgehead atoms. The van der Waals surface area contributed by atoms with Crippen LogP contribution in [0, 0.1) is 11.3 Å². The van der Waals surface area contributed by atoms with Gasteiger partial charge in [-0.15, -0.1) is 0 Å². The summed E-state index contributed by atoms with van der Waals surface area (Å²) in [4.78, 5) is 14.3. The molecule has 0 aromatic carbocycles. The number of likely N-dealkylation sites (tertiary alicyclic amines) is 1. The second-order valence-corrected chi connectivity index (χ2v) is 5.95. The van der Waals surface area contributed by atoms with Gasteiger partial charge in [-0.3, -0.25) is 4.79 Å². The number of aliphatic hydroxyl groups is 1. The molecule has 1 spiro atoms. The van der Waals surface area contributed by atoms with E-state index in [4.69, 9.17) is 0 Å². The molecule has 2 saturated heterocycles. The average molecular weight is 238 g/mol. The Hall–Kier alpha value is -0.610. The van der Waals surface area contributed by atoms with E-state index in [-0.39, 0.29) is 12.0 Å². The maximum atomic E-state index is 12.4. The molecule has 2 heterocycles. The van der Waals surface area contributed by atoms with Gasteiger partial charge in [-0.25, -0.2) is 0 Å². The molecule has 1 aliphatic carbocycles. The lowest BCUT2D eigenvalue weighted by atomic mass is 9.91. The van der Waals surface area contributed by atoms with Crippen LogP contribution in [0.25, 0.3) is 0 Å². The molecule has 1 saturated carbocycles. The van der Waals surface area contributed by atoms with E-state index in [9.17, 15) is 9.90 Å². The SMILES string of the molecule is O=C(C1CC12CCNCC2)N1CCC[C@H](O)C1. The van der Waals surface area contributed by atoms with Crippen LogP contribution in [0.15, 0.2) is 0 Å². The van der Waals surface area contributed by atoms with Gasteiger partial charge in [0.1, 0.15) is 0 Å². The first-order valence-electron chi connectivity index (χ1n) is 6.89. The molecule has 3 rings (SSSR count). The molecule has 17 heavy (non-hydrogen) atoms. The van der Waals surface area contributed by atoms with Gasteiger partial charge in [0.25, 0.3) is 0 Å². The van der Waals surface area contributed by atoms with E-state index in [2.05, 4.69) is 5.32 Å². The summed E-state index contributed by atoms with van der Waals surface area (Å²) in [6.45, 7) is 3.53. The first-order chi connectivity index (χ1) is 8.21. The molecule has 3 aliphatic rings. The topological polar surface area (TPSA) is 52.6 Å². The van der Waals surface area contributed by atoms with Gasteiger partial charge in [0.15, 0.2) is 0 Å². The number of carbonyl (C=O) groups excluding carboxylic acids is 1. The fourth-order valence-corrected chi connectivity index (χ4v) is 3.55. The zero-order chi connectivity index (χ0) is 11.9. The molecule has 0 aromatic heterocycles. The van der Waals surface area contributed by atoms with Gasteiger partial charge in [0.05, 0.1) is 6.10 Å². The van der Waals surface area contributed by atoms with Crippen LogP contribution in [0.5, 0.6) is 0 Å². The number of hydrogen-bond donors (Lipinski definition) is 2. The predicted octanol–water partition coefficient (Wildman–Crippen LogP) is 0.359. The third-order valence-electron chi connectivity index (χ3n) is 4.80. The van der Waals surface area contributed by atoms with Crippen LogP contribution in [-0.4, -0.2) is 48.2 Å². The summed E-state index contributed by atoms with van der Waals surface area (Å²) in [7, 11) is 0. The van der Waals surface area contributed by atoms with Crippen molar-refractivity contribution in [2.45, 2.75) is 38.2 Å². The van der Waals surface area contributed by atoms with E-state index in [1.54, 1.807) is 0 Å². The Kier molecular flexibility index (Phi) is 2.87. The molecule has 4 heteroatoms. The van der Waals surface area contributed by atoms with E-state index in [0.717, 1.165) is 51.7 Å². The van der Waals surface area contributed by atoms with E-state index in [0.29, 0.717) is 17.9 Å². The minimum Gasteiger partial charge on any atom is -0.391 e. The Balaban J connectivity index is 1.60. The first-order valence-corrected chi connectivity index (χ1v) is 6.89. The number of β-amino-alcohol motifs (C(OH)–C–C–N with tert-alkyl or cyclic N) is 1. The largest absolute Gasteiger partial charge is 0.391 e. The number of amides is 1. The Bertz CT molecular complexity index is 313. The number of aliphatic hydroxyl groups excluding tert-OH is 1. The Morgan fingerprint density at radius 3 is 2.82 bits per heavy atom. The maximum Gasteiger partial charge on any atom is 0.226 e. The summed E-state index contributed by atoms with van der Waals surface area (Å²) >= 11 is 0. The molecule has 1 unspecified atom stereocenters. The first kappa shape index (κ1) is 11.5.